The van der Waals surface area contributed by atoms with Crippen LogP contribution in [0.1, 0.15) is 18.9 Å². The SMILES string of the molecule is CC(CN(C)C(=O)NCCCc1ccc(O)cc1)C(=O)O. The molecule has 1 rings (SSSR count). The zero-order valence-corrected chi connectivity index (χ0v) is 12.4. The fourth-order valence-electron chi connectivity index (χ4n) is 1.86. The van der Waals surface area contributed by atoms with Crippen LogP contribution >= 0.6 is 0 Å². The first-order valence-corrected chi connectivity index (χ1v) is 6.90. The van der Waals surface area contributed by atoms with Crippen molar-refractivity contribution in [2.24, 2.45) is 5.92 Å². The molecule has 2 amide bonds. The number of nitrogens with zero attached hydrogens (tertiary/aromatic N) is 1. The number of rotatable bonds is 7. The van der Waals surface area contributed by atoms with Crippen LogP contribution in [0.25, 0.3) is 0 Å². The number of carboxylic acid groups (broad SMARTS) is 1. The molecule has 0 saturated heterocycles. The van der Waals surface area contributed by atoms with E-state index in [1.54, 1.807) is 26.1 Å². The van der Waals surface area contributed by atoms with E-state index in [0.29, 0.717) is 6.54 Å². The molecule has 21 heavy (non-hydrogen) atoms. The minimum absolute atomic E-state index is 0.180. The third-order valence-corrected chi connectivity index (χ3v) is 3.17. The Kier molecular flexibility index (Phi) is 6.52. The van der Waals surface area contributed by atoms with Crippen LogP contribution in [-0.4, -0.2) is 47.3 Å². The molecule has 0 saturated carbocycles. The summed E-state index contributed by atoms with van der Waals surface area (Å²) in [6.45, 7) is 2.27. The second-order valence-corrected chi connectivity index (χ2v) is 5.12. The van der Waals surface area contributed by atoms with E-state index in [1.165, 1.54) is 4.90 Å². The zero-order chi connectivity index (χ0) is 15.8. The molecule has 3 N–H and O–H groups in total. The van der Waals surface area contributed by atoms with Crippen LogP contribution in [0.2, 0.25) is 0 Å². The number of urea groups is 1. The average Bonchev–Trinajstić information content (AvgIpc) is 2.44. The molecule has 1 aromatic carbocycles. The maximum atomic E-state index is 11.7. The van der Waals surface area contributed by atoms with Crippen molar-refractivity contribution >= 4 is 12.0 Å². The van der Waals surface area contributed by atoms with Gasteiger partial charge >= 0.3 is 12.0 Å². The fraction of sp³-hybridized carbons (Fsp3) is 0.467. The van der Waals surface area contributed by atoms with Crippen molar-refractivity contribution in [3.05, 3.63) is 29.8 Å². The second-order valence-electron chi connectivity index (χ2n) is 5.12. The van der Waals surface area contributed by atoms with E-state index in [-0.39, 0.29) is 18.3 Å². The van der Waals surface area contributed by atoms with Gasteiger partial charge < -0.3 is 20.4 Å². The molecule has 0 bridgehead atoms. The van der Waals surface area contributed by atoms with Gasteiger partial charge in [0.1, 0.15) is 5.75 Å². The Labute approximate surface area is 124 Å². The summed E-state index contributed by atoms with van der Waals surface area (Å²) in [4.78, 5) is 23.8. The molecular weight excluding hydrogens is 272 g/mol. The number of aromatic hydroxyl groups is 1. The Balaban J connectivity index is 2.24. The number of hydrogen-bond acceptors (Lipinski definition) is 3. The molecule has 0 heterocycles. The van der Waals surface area contributed by atoms with Gasteiger partial charge in [-0.05, 0) is 30.5 Å². The summed E-state index contributed by atoms with van der Waals surface area (Å²) >= 11 is 0. The highest BCUT2D eigenvalue weighted by Gasteiger charge is 2.16. The molecule has 1 aromatic rings. The first-order valence-electron chi connectivity index (χ1n) is 6.90. The number of aryl methyl sites for hydroxylation is 1. The number of phenolic OH excluding ortho intramolecular Hbond substituents is 1. The highest BCUT2D eigenvalue weighted by atomic mass is 16.4. The summed E-state index contributed by atoms with van der Waals surface area (Å²) in [5.41, 5.74) is 1.09. The van der Waals surface area contributed by atoms with Crippen molar-refractivity contribution in [3.63, 3.8) is 0 Å². The number of phenols is 1. The molecule has 6 heteroatoms. The summed E-state index contributed by atoms with van der Waals surface area (Å²) in [7, 11) is 1.58. The number of nitrogens with one attached hydrogen (secondary N) is 1. The molecule has 1 atom stereocenters. The molecule has 0 aromatic heterocycles. The summed E-state index contributed by atoms with van der Waals surface area (Å²) in [6.07, 6.45) is 1.58. The number of carbonyl (C=O) groups excluding carboxylic acids is 1. The number of hydrogen-bond donors (Lipinski definition) is 3. The minimum atomic E-state index is -0.915. The number of carbonyl (C=O) groups is 2. The fourth-order valence-corrected chi connectivity index (χ4v) is 1.86. The molecule has 0 aliphatic heterocycles. The van der Waals surface area contributed by atoms with Crippen LogP contribution in [0.3, 0.4) is 0 Å². The lowest BCUT2D eigenvalue weighted by molar-refractivity contribution is -0.141. The smallest absolute Gasteiger partial charge is 0.317 e. The van der Waals surface area contributed by atoms with Gasteiger partial charge in [0, 0.05) is 20.1 Å². The standard InChI is InChI=1S/C15H22N2O4/c1-11(14(19)20)10-17(2)15(21)16-9-3-4-12-5-7-13(18)8-6-12/h5-8,11,18H,3-4,9-10H2,1-2H3,(H,16,21)(H,19,20). The predicted octanol–water partition coefficient (Wildman–Crippen LogP) is 1.69. The summed E-state index contributed by atoms with van der Waals surface area (Å²) in [5, 5.41) is 20.7. The Morgan fingerprint density at radius 1 is 1.29 bits per heavy atom. The Morgan fingerprint density at radius 3 is 2.48 bits per heavy atom. The van der Waals surface area contributed by atoms with E-state index in [2.05, 4.69) is 5.32 Å². The van der Waals surface area contributed by atoms with Gasteiger partial charge in [-0.2, -0.15) is 0 Å². The number of carboxylic acids is 1. The van der Waals surface area contributed by atoms with E-state index < -0.39 is 11.9 Å². The van der Waals surface area contributed by atoms with Gasteiger partial charge in [-0.15, -0.1) is 0 Å². The minimum Gasteiger partial charge on any atom is -0.508 e. The Morgan fingerprint density at radius 2 is 1.90 bits per heavy atom. The third-order valence-electron chi connectivity index (χ3n) is 3.17. The van der Waals surface area contributed by atoms with E-state index in [9.17, 15) is 9.59 Å². The van der Waals surface area contributed by atoms with Crippen molar-refractivity contribution < 1.29 is 19.8 Å². The van der Waals surface area contributed by atoms with E-state index in [4.69, 9.17) is 10.2 Å². The lowest BCUT2D eigenvalue weighted by Gasteiger charge is -2.20. The predicted molar refractivity (Wildman–Crippen MR) is 79.3 cm³/mol. The van der Waals surface area contributed by atoms with Crippen molar-refractivity contribution in [3.8, 4) is 5.75 Å². The second kappa shape index (κ2) is 8.14. The molecule has 0 radical (unpaired) electrons. The summed E-state index contributed by atoms with van der Waals surface area (Å²) in [5.74, 6) is -1.26. The average molecular weight is 294 g/mol. The van der Waals surface area contributed by atoms with Gasteiger partial charge in [0.05, 0.1) is 5.92 Å². The number of amides is 2. The lowest BCUT2D eigenvalue weighted by atomic mass is 10.1. The van der Waals surface area contributed by atoms with Crippen LogP contribution < -0.4 is 5.32 Å². The van der Waals surface area contributed by atoms with E-state index >= 15 is 0 Å². The first-order chi connectivity index (χ1) is 9.90. The van der Waals surface area contributed by atoms with Crippen LogP contribution in [-0.2, 0) is 11.2 Å². The van der Waals surface area contributed by atoms with Gasteiger partial charge in [-0.3, -0.25) is 4.79 Å². The Bertz CT molecular complexity index is 473. The highest BCUT2D eigenvalue weighted by molar-refractivity contribution is 5.75. The van der Waals surface area contributed by atoms with Gasteiger partial charge in [0.15, 0.2) is 0 Å². The van der Waals surface area contributed by atoms with Gasteiger partial charge in [0.2, 0.25) is 0 Å². The summed E-state index contributed by atoms with van der Waals surface area (Å²) in [6, 6.07) is 6.69. The first kappa shape index (κ1) is 16.8. The maximum absolute atomic E-state index is 11.7. The van der Waals surface area contributed by atoms with Gasteiger partial charge in [-0.25, -0.2) is 4.79 Å². The Hall–Kier alpha value is -2.24. The molecule has 0 fully saturated rings. The number of aliphatic carboxylic acids is 1. The van der Waals surface area contributed by atoms with Crippen molar-refractivity contribution in [2.75, 3.05) is 20.1 Å². The monoisotopic (exact) mass is 294 g/mol. The van der Waals surface area contributed by atoms with Crippen molar-refractivity contribution in [1.29, 1.82) is 0 Å². The highest BCUT2D eigenvalue weighted by Crippen LogP contribution is 2.10. The van der Waals surface area contributed by atoms with Crippen molar-refractivity contribution in [2.45, 2.75) is 19.8 Å². The normalized spacial score (nSPS) is 11.7. The molecule has 6 nitrogen and oxygen atoms in total. The van der Waals surface area contributed by atoms with Crippen LogP contribution in [0.15, 0.2) is 24.3 Å². The van der Waals surface area contributed by atoms with Crippen LogP contribution in [0, 0.1) is 5.92 Å². The molecule has 0 aliphatic carbocycles. The molecular formula is C15H22N2O4. The molecule has 1 unspecified atom stereocenters. The number of benzene rings is 1. The third kappa shape index (κ3) is 6.16. The lowest BCUT2D eigenvalue weighted by Crippen LogP contribution is -2.41. The topological polar surface area (TPSA) is 89.9 Å². The maximum Gasteiger partial charge on any atom is 0.317 e. The molecule has 0 spiro atoms. The van der Waals surface area contributed by atoms with Crippen molar-refractivity contribution in [1.82, 2.24) is 10.2 Å². The van der Waals surface area contributed by atoms with E-state index in [0.717, 1.165) is 18.4 Å². The summed E-state index contributed by atoms with van der Waals surface area (Å²) < 4.78 is 0. The van der Waals surface area contributed by atoms with Gasteiger partial charge in [0.25, 0.3) is 0 Å². The van der Waals surface area contributed by atoms with Gasteiger partial charge in [-0.1, -0.05) is 19.1 Å². The molecule has 116 valence electrons. The van der Waals surface area contributed by atoms with E-state index in [1.807, 2.05) is 12.1 Å². The van der Waals surface area contributed by atoms with Crippen LogP contribution in [0.4, 0.5) is 4.79 Å². The molecule has 0 aliphatic rings. The van der Waals surface area contributed by atoms with Crippen LogP contribution in [0.5, 0.6) is 5.75 Å². The largest absolute Gasteiger partial charge is 0.508 e. The zero-order valence-electron chi connectivity index (χ0n) is 12.4. The quantitative estimate of drug-likeness (QED) is 0.667.